The SMILES string of the molecule is I.NC(=NCCCCCOC1CCCCC1)NCCc1cccs1. The van der Waals surface area contributed by atoms with Crippen molar-refractivity contribution in [3.8, 4) is 0 Å². The normalized spacial score (nSPS) is 15.9. The van der Waals surface area contributed by atoms with E-state index in [-0.39, 0.29) is 24.0 Å². The molecule has 138 valence electrons. The lowest BCUT2D eigenvalue weighted by atomic mass is 9.98. The van der Waals surface area contributed by atoms with Gasteiger partial charge in [0, 0.05) is 24.6 Å². The Hall–Kier alpha value is -0.340. The Morgan fingerprint density at radius 2 is 2.08 bits per heavy atom. The van der Waals surface area contributed by atoms with E-state index in [0.29, 0.717) is 12.1 Å². The van der Waals surface area contributed by atoms with Crippen LogP contribution in [0, 0.1) is 0 Å². The molecule has 1 aromatic rings. The standard InChI is InChI=1S/C18H31N3OS.HI/c19-18(21-13-11-17-10-7-15-23-17)20-12-5-2-6-14-22-16-8-3-1-4-9-16;/h7,10,15-16H,1-6,8-9,11-14H2,(H3,19,20,21);1H. The van der Waals surface area contributed by atoms with Crippen molar-refractivity contribution in [3.05, 3.63) is 22.4 Å². The Morgan fingerprint density at radius 1 is 1.25 bits per heavy atom. The molecule has 0 radical (unpaired) electrons. The lowest BCUT2D eigenvalue weighted by Gasteiger charge is -2.21. The second-order valence-corrected chi connectivity index (χ2v) is 7.25. The number of hydrogen-bond donors (Lipinski definition) is 2. The van der Waals surface area contributed by atoms with Gasteiger partial charge in [-0.1, -0.05) is 25.3 Å². The van der Waals surface area contributed by atoms with Gasteiger partial charge < -0.3 is 15.8 Å². The number of hydrogen-bond acceptors (Lipinski definition) is 3. The third kappa shape index (κ3) is 9.84. The zero-order chi connectivity index (χ0) is 16.2. The van der Waals surface area contributed by atoms with Crippen molar-refractivity contribution in [2.24, 2.45) is 10.7 Å². The highest BCUT2D eigenvalue weighted by Crippen LogP contribution is 2.20. The molecule has 1 heterocycles. The molecule has 4 nitrogen and oxygen atoms in total. The predicted octanol–water partition coefficient (Wildman–Crippen LogP) is 4.33. The number of thiophene rings is 1. The van der Waals surface area contributed by atoms with Gasteiger partial charge in [0.1, 0.15) is 0 Å². The van der Waals surface area contributed by atoms with Gasteiger partial charge in [-0.25, -0.2) is 0 Å². The quantitative estimate of drug-likeness (QED) is 0.234. The number of nitrogens with two attached hydrogens (primary N) is 1. The van der Waals surface area contributed by atoms with E-state index in [1.54, 1.807) is 11.3 Å². The lowest BCUT2D eigenvalue weighted by Crippen LogP contribution is -2.33. The first kappa shape index (κ1) is 21.7. The highest BCUT2D eigenvalue weighted by molar-refractivity contribution is 14.0. The average Bonchev–Trinajstić information content (AvgIpc) is 3.08. The molecule has 0 bridgehead atoms. The van der Waals surface area contributed by atoms with Crippen LogP contribution in [-0.4, -0.2) is 31.8 Å². The molecule has 2 rings (SSSR count). The van der Waals surface area contributed by atoms with Crippen LogP contribution in [0.1, 0.15) is 56.2 Å². The first-order valence-corrected chi connectivity index (χ1v) is 9.90. The van der Waals surface area contributed by atoms with Crippen molar-refractivity contribution in [1.82, 2.24) is 5.32 Å². The summed E-state index contributed by atoms with van der Waals surface area (Å²) in [6.07, 6.45) is 11.5. The van der Waals surface area contributed by atoms with Gasteiger partial charge in [-0.3, -0.25) is 4.99 Å². The van der Waals surface area contributed by atoms with Gasteiger partial charge in [0.15, 0.2) is 5.96 Å². The summed E-state index contributed by atoms with van der Waals surface area (Å²) in [7, 11) is 0. The summed E-state index contributed by atoms with van der Waals surface area (Å²) < 4.78 is 5.93. The molecule has 1 aromatic heterocycles. The summed E-state index contributed by atoms with van der Waals surface area (Å²) in [5, 5.41) is 5.28. The van der Waals surface area contributed by atoms with Crippen molar-refractivity contribution < 1.29 is 4.74 Å². The average molecular weight is 465 g/mol. The van der Waals surface area contributed by atoms with Crippen LogP contribution in [0.3, 0.4) is 0 Å². The third-order valence-corrected chi connectivity index (χ3v) is 5.18. The molecule has 1 aliphatic rings. The minimum absolute atomic E-state index is 0. The minimum atomic E-state index is 0. The fraction of sp³-hybridized carbons (Fsp3) is 0.722. The van der Waals surface area contributed by atoms with Gasteiger partial charge in [-0.05, 0) is 50.0 Å². The Labute approximate surface area is 167 Å². The monoisotopic (exact) mass is 465 g/mol. The maximum atomic E-state index is 5.93. The number of nitrogens with one attached hydrogen (secondary N) is 1. The topological polar surface area (TPSA) is 59.6 Å². The summed E-state index contributed by atoms with van der Waals surface area (Å²) in [6.45, 7) is 2.56. The molecule has 0 amide bonds. The number of nitrogens with zero attached hydrogens (tertiary/aromatic N) is 1. The van der Waals surface area contributed by atoms with E-state index in [9.17, 15) is 0 Å². The summed E-state index contributed by atoms with van der Waals surface area (Å²) in [4.78, 5) is 5.75. The highest BCUT2D eigenvalue weighted by atomic mass is 127. The zero-order valence-electron chi connectivity index (χ0n) is 14.5. The molecule has 0 atom stereocenters. The summed E-state index contributed by atoms with van der Waals surface area (Å²) in [5.41, 5.74) is 5.87. The molecule has 0 aromatic carbocycles. The van der Waals surface area contributed by atoms with Crippen LogP contribution in [0.4, 0.5) is 0 Å². The third-order valence-electron chi connectivity index (χ3n) is 4.25. The molecule has 3 N–H and O–H groups in total. The number of ether oxygens (including phenoxy) is 1. The van der Waals surface area contributed by atoms with Gasteiger partial charge in [0.25, 0.3) is 0 Å². The summed E-state index contributed by atoms with van der Waals surface area (Å²) >= 11 is 1.78. The van der Waals surface area contributed by atoms with Crippen LogP contribution in [0.15, 0.2) is 22.5 Å². The lowest BCUT2D eigenvalue weighted by molar-refractivity contribution is 0.0264. The molecule has 1 aliphatic carbocycles. The summed E-state index contributed by atoms with van der Waals surface area (Å²) in [6, 6.07) is 4.23. The van der Waals surface area contributed by atoms with E-state index in [0.717, 1.165) is 39.0 Å². The Kier molecular flexibility index (Phi) is 12.6. The van der Waals surface area contributed by atoms with Gasteiger partial charge in [0.05, 0.1) is 6.10 Å². The first-order chi connectivity index (χ1) is 11.3. The molecule has 6 heteroatoms. The van der Waals surface area contributed by atoms with Crippen LogP contribution >= 0.6 is 35.3 Å². The molecule has 0 aliphatic heterocycles. The second kappa shape index (κ2) is 13.9. The molecule has 1 saturated carbocycles. The van der Waals surface area contributed by atoms with Crippen LogP contribution in [0.2, 0.25) is 0 Å². The van der Waals surface area contributed by atoms with Crippen LogP contribution < -0.4 is 11.1 Å². The van der Waals surface area contributed by atoms with E-state index < -0.39 is 0 Å². The molecule has 0 spiro atoms. The van der Waals surface area contributed by atoms with Gasteiger partial charge in [0.2, 0.25) is 0 Å². The maximum Gasteiger partial charge on any atom is 0.188 e. The van der Waals surface area contributed by atoms with E-state index in [1.807, 2.05) is 0 Å². The fourth-order valence-corrected chi connectivity index (χ4v) is 3.61. The Morgan fingerprint density at radius 3 is 2.83 bits per heavy atom. The largest absolute Gasteiger partial charge is 0.378 e. The predicted molar refractivity (Wildman–Crippen MR) is 115 cm³/mol. The zero-order valence-corrected chi connectivity index (χ0v) is 17.7. The fourth-order valence-electron chi connectivity index (χ4n) is 2.90. The van der Waals surface area contributed by atoms with Gasteiger partial charge in [-0.2, -0.15) is 0 Å². The first-order valence-electron chi connectivity index (χ1n) is 9.02. The smallest absolute Gasteiger partial charge is 0.188 e. The Bertz CT molecular complexity index is 433. The van der Waals surface area contributed by atoms with Crippen molar-refractivity contribution in [1.29, 1.82) is 0 Å². The minimum Gasteiger partial charge on any atom is -0.378 e. The molecule has 0 unspecified atom stereocenters. The number of unbranched alkanes of at least 4 members (excludes halogenated alkanes) is 2. The molecule has 0 saturated heterocycles. The molecular formula is C18H32IN3OS. The number of aliphatic imine (C=N–C) groups is 1. The van der Waals surface area contributed by atoms with Gasteiger partial charge in [-0.15, -0.1) is 35.3 Å². The van der Waals surface area contributed by atoms with Crippen molar-refractivity contribution in [3.63, 3.8) is 0 Å². The number of rotatable bonds is 10. The van der Waals surface area contributed by atoms with Crippen LogP contribution in [-0.2, 0) is 11.2 Å². The number of halogens is 1. The second-order valence-electron chi connectivity index (χ2n) is 6.21. The van der Waals surface area contributed by atoms with Gasteiger partial charge >= 0.3 is 0 Å². The van der Waals surface area contributed by atoms with Crippen molar-refractivity contribution in [2.45, 2.75) is 63.9 Å². The van der Waals surface area contributed by atoms with Crippen LogP contribution in [0.5, 0.6) is 0 Å². The summed E-state index contributed by atoms with van der Waals surface area (Å²) in [5.74, 6) is 0.569. The van der Waals surface area contributed by atoms with E-state index >= 15 is 0 Å². The van der Waals surface area contributed by atoms with E-state index in [2.05, 4.69) is 27.8 Å². The van der Waals surface area contributed by atoms with Crippen molar-refractivity contribution in [2.75, 3.05) is 19.7 Å². The molecule has 1 fully saturated rings. The van der Waals surface area contributed by atoms with Crippen molar-refractivity contribution >= 4 is 41.3 Å². The maximum absolute atomic E-state index is 5.93. The van der Waals surface area contributed by atoms with Crippen LogP contribution in [0.25, 0.3) is 0 Å². The molecule has 24 heavy (non-hydrogen) atoms. The number of guanidine groups is 1. The van der Waals surface area contributed by atoms with E-state index in [1.165, 1.54) is 43.4 Å². The Balaban J connectivity index is 0.00000288. The van der Waals surface area contributed by atoms with E-state index in [4.69, 9.17) is 10.5 Å². The molecular weight excluding hydrogens is 433 g/mol. The highest BCUT2D eigenvalue weighted by Gasteiger charge is 2.12.